The standard InChI is InChI=1S/C15H16N2O4S/c18-12-8-22-11-3-2-9(6-10(11)16-12)14(21)17-15(4-1-5-15)7-13(19)20/h2-3,6H,1,4-5,7-8H2,(H,16,18)(H,17,21)(H,19,20). The van der Waals surface area contributed by atoms with Crippen molar-refractivity contribution in [2.75, 3.05) is 11.1 Å². The molecule has 1 aliphatic carbocycles. The monoisotopic (exact) mass is 320 g/mol. The van der Waals surface area contributed by atoms with Crippen molar-refractivity contribution in [3.8, 4) is 0 Å². The highest BCUT2D eigenvalue weighted by molar-refractivity contribution is 8.00. The largest absolute Gasteiger partial charge is 0.481 e. The van der Waals surface area contributed by atoms with Gasteiger partial charge in [-0.1, -0.05) is 0 Å². The van der Waals surface area contributed by atoms with Gasteiger partial charge in [0.15, 0.2) is 0 Å². The maximum absolute atomic E-state index is 12.4. The van der Waals surface area contributed by atoms with Crippen LogP contribution in [-0.4, -0.2) is 34.2 Å². The number of hydrogen-bond donors (Lipinski definition) is 3. The Kier molecular flexibility index (Phi) is 3.82. The van der Waals surface area contributed by atoms with Crippen molar-refractivity contribution in [1.29, 1.82) is 0 Å². The second-order valence-electron chi connectivity index (χ2n) is 5.71. The van der Waals surface area contributed by atoms with Crippen LogP contribution in [0.3, 0.4) is 0 Å². The molecule has 0 aromatic heterocycles. The van der Waals surface area contributed by atoms with Crippen molar-refractivity contribution in [2.45, 2.75) is 36.1 Å². The molecule has 3 N–H and O–H groups in total. The van der Waals surface area contributed by atoms with Crippen molar-refractivity contribution in [3.05, 3.63) is 23.8 Å². The zero-order valence-electron chi connectivity index (χ0n) is 11.8. The molecule has 1 aliphatic heterocycles. The third-order valence-corrected chi connectivity index (χ3v) is 5.13. The van der Waals surface area contributed by atoms with Gasteiger partial charge in [-0.2, -0.15) is 0 Å². The molecule has 0 atom stereocenters. The molecule has 116 valence electrons. The molecule has 1 aromatic rings. The summed E-state index contributed by atoms with van der Waals surface area (Å²) in [6.45, 7) is 0. The predicted molar refractivity (Wildman–Crippen MR) is 82.1 cm³/mol. The quantitative estimate of drug-likeness (QED) is 0.787. The summed E-state index contributed by atoms with van der Waals surface area (Å²) in [4.78, 5) is 35.7. The maximum Gasteiger partial charge on any atom is 0.305 e. The van der Waals surface area contributed by atoms with Gasteiger partial charge in [-0.05, 0) is 37.5 Å². The number of benzene rings is 1. The first-order valence-corrected chi connectivity index (χ1v) is 8.07. The van der Waals surface area contributed by atoms with E-state index in [1.807, 2.05) is 0 Å². The number of nitrogens with one attached hydrogen (secondary N) is 2. The van der Waals surface area contributed by atoms with E-state index in [1.54, 1.807) is 18.2 Å². The summed E-state index contributed by atoms with van der Waals surface area (Å²) in [6, 6.07) is 5.15. The number of hydrogen-bond acceptors (Lipinski definition) is 4. The van der Waals surface area contributed by atoms with E-state index >= 15 is 0 Å². The Balaban J connectivity index is 1.76. The van der Waals surface area contributed by atoms with Crippen LogP contribution in [0.15, 0.2) is 23.1 Å². The van der Waals surface area contributed by atoms with E-state index in [1.165, 1.54) is 11.8 Å². The van der Waals surface area contributed by atoms with E-state index in [-0.39, 0.29) is 18.2 Å². The lowest BCUT2D eigenvalue weighted by atomic mass is 9.74. The number of carboxylic acids is 1. The summed E-state index contributed by atoms with van der Waals surface area (Å²) >= 11 is 1.43. The van der Waals surface area contributed by atoms with Crippen LogP contribution in [0.5, 0.6) is 0 Å². The van der Waals surface area contributed by atoms with Crippen LogP contribution < -0.4 is 10.6 Å². The lowest BCUT2D eigenvalue weighted by molar-refractivity contribution is -0.139. The van der Waals surface area contributed by atoms with Crippen LogP contribution in [0.25, 0.3) is 0 Å². The Morgan fingerprint density at radius 2 is 2.14 bits per heavy atom. The molecule has 0 spiro atoms. The third-order valence-electron chi connectivity index (χ3n) is 4.05. The minimum absolute atomic E-state index is 0.0593. The molecule has 7 heteroatoms. The number of amides is 2. The third kappa shape index (κ3) is 2.94. The van der Waals surface area contributed by atoms with Gasteiger partial charge in [0.25, 0.3) is 5.91 Å². The minimum atomic E-state index is -0.908. The van der Waals surface area contributed by atoms with Crippen LogP contribution in [0.1, 0.15) is 36.0 Å². The maximum atomic E-state index is 12.4. The zero-order chi connectivity index (χ0) is 15.7. The summed E-state index contributed by atoms with van der Waals surface area (Å²) in [5, 5.41) is 14.6. The van der Waals surface area contributed by atoms with Crippen LogP contribution >= 0.6 is 11.8 Å². The van der Waals surface area contributed by atoms with Gasteiger partial charge in [-0.25, -0.2) is 0 Å². The summed E-state index contributed by atoms with van der Waals surface area (Å²) in [7, 11) is 0. The first-order chi connectivity index (χ1) is 10.5. The van der Waals surface area contributed by atoms with Crippen LogP contribution in [0, 0.1) is 0 Å². The molecule has 0 bridgehead atoms. The lowest BCUT2D eigenvalue weighted by Gasteiger charge is -2.41. The van der Waals surface area contributed by atoms with Gasteiger partial charge >= 0.3 is 5.97 Å². The SMILES string of the molecule is O=C(O)CC1(NC(=O)c2ccc3c(c2)NC(=O)CS3)CCC1. The predicted octanol–water partition coefficient (Wildman–Crippen LogP) is 1.86. The fourth-order valence-corrected chi connectivity index (χ4v) is 3.56. The van der Waals surface area contributed by atoms with Crippen molar-refractivity contribution < 1.29 is 19.5 Å². The van der Waals surface area contributed by atoms with E-state index < -0.39 is 11.5 Å². The Morgan fingerprint density at radius 1 is 1.36 bits per heavy atom. The molecule has 0 radical (unpaired) electrons. The molecular formula is C15H16N2O4S. The highest BCUT2D eigenvalue weighted by Gasteiger charge is 2.40. The molecule has 0 saturated heterocycles. The number of carbonyl (C=O) groups is 3. The average molecular weight is 320 g/mol. The van der Waals surface area contributed by atoms with E-state index in [0.717, 1.165) is 11.3 Å². The second-order valence-corrected chi connectivity index (χ2v) is 6.72. The van der Waals surface area contributed by atoms with Crippen LogP contribution in [-0.2, 0) is 9.59 Å². The Labute approximate surface area is 131 Å². The van der Waals surface area contributed by atoms with Crippen LogP contribution in [0.2, 0.25) is 0 Å². The van der Waals surface area contributed by atoms with Gasteiger partial charge in [0.2, 0.25) is 5.91 Å². The number of anilines is 1. The number of rotatable bonds is 4. The Morgan fingerprint density at radius 3 is 2.77 bits per heavy atom. The number of carboxylic acid groups (broad SMARTS) is 1. The molecule has 1 saturated carbocycles. The highest BCUT2D eigenvalue weighted by atomic mass is 32.2. The van der Waals surface area contributed by atoms with Gasteiger partial charge < -0.3 is 15.7 Å². The fraction of sp³-hybridized carbons (Fsp3) is 0.400. The Bertz CT molecular complexity index is 655. The molecule has 2 amide bonds. The molecule has 1 fully saturated rings. The number of aliphatic carboxylic acids is 1. The summed E-state index contributed by atoms with van der Waals surface area (Å²) < 4.78 is 0. The van der Waals surface area contributed by atoms with Crippen molar-refractivity contribution in [1.82, 2.24) is 5.32 Å². The van der Waals surface area contributed by atoms with Gasteiger partial charge in [0, 0.05) is 10.5 Å². The van der Waals surface area contributed by atoms with Crippen LogP contribution in [0.4, 0.5) is 5.69 Å². The summed E-state index contributed by atoms with van der Waals surface area (Å²) in [6.07, 6.45) is 2.23. The number of thioether (sulfide) groups is 1. The van der Waals surface area contributed by atoms with Gasteiger partial charge in [-0.3, -0.25) is 14.4 Å². The fourth-order valence-electron chi connectivity index (χ4n) is 2.78. The normalized spacial score (nSPS) is 18.6. The molecule has 1 heterocycles. The lowest BCUT2D eigenvalue weighted by Crippen LogP contribution is -2.54. The Hall–Kier alpha value is -2.02. The van der Waals surface area contributed by atoms with Crippen molar-refractivity contribution in [3.63, 3.8) is 0 Å². The summed E-state index contributed by atoms with van der Waals surface area (Å²) in [5.41, 5.74) is 0.435. The molecule has 3 rings (SSSR count). The first kappa shape index (κ1) is 14.9. The summed E-state index contributed by atoms with van der Waals surface area (Å²) in [5.74, 6) is -0.917. The topological polar surface area (TPSA) is 95.5 Å². The molecule has 1 aromatic carbocycles. The van der Waals surface area contributed by atoms with Gasteiger partial charge in [0.05, 0.1) is 23.4 Å². The smallest absolute Gasteiger partial charge is 0.305 e. The molecular weight excluding hydrogens is 304 g/mol. The highest BCUT2D eigenvalue weighted by Crippen LogP contribution is 2.36. The van der Waals surface area contributed by atoms with Gasteiger partial charge in [0.1, 0.15) is 0 Å². The van der Waals surface area contributed by atoms with E-state index in [0.29, 0.717) is 29.8 Å². The number of carbonyl (C=O) groups excluding carboxylic acids is 2. The van der Waals surface area contributed by atoms with E-state index in [9.17, 15) is 14.4 Å². The molecule has 22 heavy (non-hydrogen) atoms. The molecule has 6 nitrogen and oxygen atoms in total. The molecule has 2 aliphatic rings. The average Bonchev–Trinajstić information content (AvgIpc) is 2.43. The number of fused-ring (bicyclic) bond motifs is 1. The van der Waals surface area contributed by atoms with Crippen molar-refractivity contribution >= 4 is 35.2 Å². The minimum Gasteiger partial charge on any atom is -0.481 e. The second kappa shape index (κ2) is 5.64. The van der Waals surface area contributed by atoms with Crippen molar-refractivity contribution in [2.24, 2.45) is 0 Å². The molecule has 0 unspecified atom stereocenters. The first-order valence-electron chi connectivity index (χ1n) is 7.08. The van der Waals surface area contributed by atoms with E-state index in [2.05, 4.69) is 10.6 Å². The van der Waals surface area contributed by atoms with Gasteiger partial charge in [-0.15, -0.1) is 11.8 Å². The zero-order valence-corrected chi connectivity index (χ0v) is 12.7. The van der Waals surface area contributed by atoms with E-state index in [4.69, 9.17) is 5.11 Å².